The first-order valence-electron chi connectivity index (χ1n) is 6.78. The van der Waals surface area contributed by atoms with Crippen LogP contribution in [0.1, 0.15) is 31.2 Å². The Morgan fingerprint density at radius 3 is 2.95 bits per heavy atom. The number of ether oxygens (including phenoxy) is 1. The molecule has 104 valence electrons. The lowest BCUT2D eigenvalue weighted by atomic mass is 10.0. The zero-order valence-electron chi connectivity index (χ0n) is 11.2. The minimum absolute atomic E-state index is 0.140. The van der Waals surface area contributed by atoms with Gasteiger partial charge < -0.3 is 10.1 Å². The molecule has 0 saturated carbocycles. The summed E-state index contributed by atoms with van der Waals surface area (Å²) in [5.41, 5.74) is 0.777. The number of hydrogen-bond donors (Lipinski definition) is 1. The maximum absolute atomic E-state index is 10.7. The second-order valence-electron chi connectivity index (χ2n) is 4.99. The van der Waals surface area contributed by atoms with Gasteiger partial charge in [-0.15, -0.1) is 0 Å². The normalized spacial score (nSPS) is 19.1. The topological polar surface area (TPSA) is 64.4 Å². The lowest BCUT2D eigenvalue weighted by molar-refractivity contribution is -0.385. The summed E-state index contributed by atoms with van der Waals surface area (Å²) in [5, 5.41) is 14.2. The molecule has 1 aromatic rings. The third kappa shape index (κ3) is 3.92. The van der Waals surface area contributed by atoms with Crippen molar-refractivity contribution < 1.29 is 9.66 Å². The van der Waals surface area contributed by atoms with Gasteiger partial charge in [0.05, 0.1) is 11.5 Å². The van der Waals surface area contributed by atoms with Gasteiger partial charge >= 0.3 is 0 Å². The lowest BCUT2D eigenvalue weighted by Gasteiger charge is -2.23. The fourth-order valence-electron chi connectivity index (χ4n) is 2.41. The Balaban J connectivity index is 1.82. The third-order valence-electron chi connectivity index (χ3n) is 3.51. The van der Waals surface area contributed by atoms with Crippen LogP contribution in [-0.4, -0.2) is 24.1 Å². The Bertz CT molecular complexity index is 442. The van der Waals surface area contributed by atoms with Crippen LogP contribution in [0.25, 0.3) is 0 Å². The molecule has 5 nitrogen and oxygen atoms in total. The number of hydrogen-bond acceptors (Lipinski definition) is 4. The number of piperidine rings is 1. The van der Waals surface area contributed by atoms with Gasteiger partial charge in [0.1, 0.15) is 5.75 Å². The van der Waals surface area contributed by atoms with E-state index >= 15 is 0 Å². The lowest BCUT2D eigenvalue weighted by Crippen LogP contribution is -2.35. The Morgan fingerprint density at radius 2 is 2.32 bits per heavy atom. The molecule has 0 bridgehead atoms. The largest absolute Gasteiger partial charge is 0.494 e. The van der Waals surface area contributed by atoms with Crippen molar-refractivity contribution >= 4 is 5.69 Å². The van der Waals surface area contributed by atoms with E-state index in [2.05, 4.69) is 5.32 Å². The molecule has 1 N–H and O–H groups in total. The van der Waals surface area contributed by atoms with Crippen LogP contribution in [0.2, 0.25) is 0 Å². The molecule has 0 radical (unpaired) electrons. The van der Waals surface area contributed by atoms with E-state index in [0.717, 1.165) is 13.0 Å². The van der Waals surface area contributed by atoms with Crippen LogP contribution in [0.3, 0.4) is 0 Å². The number of nitrogens with one attached hydrogen (secondary N) is 1. The first-order valence-corrected chi connectivity index (χ1v) is 6.78. The van der Waals surface area contributed by atoms with Gasteiger partial charge in [-0.05, 0) is 44.9 Å². The monoisotopic (exact) mass is 264 g/mol. The number of nitro groups is 1. The maximum atomic E-state index is 10.7. The van der Waals surface area contributed by atoms with Crippen molar-refractivity contribution in [2.45, 2.75) is 38.6 Å². The summed E-state index contributed by atoms with van der Waals surface area (Å²) in [7, 11) is 0. The summed E-state index contributed by atoms with van der Waals surface area (Å²) in [6, 6.07) is 5.45. The molecule has 0 aromatic heterocycles. The van der Waals surface area contributed by atoms with Crippen molar-refractivity contribution in [2.24, 2.45) is 0 Å². The number of nitrogens with zero attached hydrogens (tertiary/aromatic N) is 1. The molecule has 1 atom stereocenters. The molecular formula is C14H20N2O3. The minimum atomic E-state index is -0.370. The highest BCUT2D eigenvalue weighted by Crippen LogP contribution is 2.23. The quantitative estimate of drug-likeness (QED) is 0.656. The van der Waals surface area contributed by atoms with Gasteiger partial charge in [-0.3, -0.25) is 10.1 Å². The first-order chi connectivity index (χ1) is 9.16. The molecule has 0 spiro atoms. The van der Waals surface area contributed by atoms with Crippen molar-refractivity contribution in [3.8, 4) is 5.75 Å². The summed E-state index contributed by atoms with van der Waals surface area (Å²) in [6.07, 6.45) is 4.74. The van der Waals surface area contributed by atoms with E-state index in [1.165, 1.54) is 25.3 Å². The third-order valence-corrected chi connectivity index (χ3v) is 3.51. The average Bonchev–Trinajstić information content (AvgIpc) is 2.39. The summed E-state index contributed by atoms with van der Waals surface area (Å²) < 4.78 is 5.66. The predicted molar refractivity (Wildman–Crippen MR) is 73.6 cm³/mol. The number of nitro benzene ring substituents is 1. The van der Waals surface area contributed by atoms with Crippen molar-refractivity contribution in [3.63, 3.8) is 0 Å². The van der Waals surface area contributed by atoms with E-state index in [4.69, 9.17) is 4.74 Å². The van der Waals surface area contributed by atoms with E-state index in [1.54, 1.807) is 19.1 Å². The molecule has 0 aliphatic carbocycles. The number of rotatable bonds is 5. The molecule has 2 rings (SSSR count). The molecule has 0 amide bonds. The van der Waals surface area contributed by atoms with Crippen LogP contribution < -0.4 is 10.1 Å². The Kier molecular flexibility index (Phi) is 4.74. The van der Waals surface area contributed by atoms with Crippen LogP contribution in [-0.2, 0) is 0 Å². The fourth-order valence-corrected chi connectivity index (χ4v) is 2.41. The van der Waals surface area contributed by atoms with Crippen molar-refractivity contribution in [1.82, 2.24) is 5.32 Å². The van der Waals surface area contributed by atoms with Gasteiger partial charge in [0.15, 0.2) is 0 Å². The van der Waals surface area contributed by atoms with E-state index in [-0.39, 0.29) is 10.6 Å². The van der Waals surface area contributed by atoms with Crippen molar-refractivity contribution in [3.05, 3.63) is 33.9 Å². The van der Waals surface area contributed by atoms with Crippen LogP contribution >= 0.6 is 0 Å². The molecule has 1 aliphatic rings. The molecule has 0 unspecified atom stereocenters. The molecule has 1 aromatic carbocycles. The molecule has 5 heteroatoms. The molecular weight excluding hydrogens is 244 g/mol. The van der Waals surface area contributed by atoms with Gasteiger partial charge in [-0.1, -0.05) is 6.42 Å². The van der Waals surface area contributed by atoms with Crippen LogP contribution in [0.5, 0.6) is 5.75 Å². The fraction of sp³-hybridized carbons (Fsp3) is 0.571. The van der Waals surface area contributed by atoms with E-state index < -0.39 is 0 Å². The highest BCUT2D eigenvalue weighted by atomic mass is 16.6. The Hall–Kier alpha value is -1.62. The standard InChI is InChI=1S/C14H20N2O3/c1-11-10-13(5-6-14(11)16(17)18)19-9-7-12-4-2-3-8-15-12/h5-6,10,12,15H,2-4,7-9H2,1H3/t12-/m1/s1. The molecule has 1 aliphatic heterocycles. The van der Waals surface area contributed by atoms with Crippen LogP contribution in [0.15, 0.2) is 18.2 Å². The average molecular weight is 264 g/mol. The predicted octanol–water partition coefficient (Wildman–Crippen LogP) is 2.81. The van der Waals surface area contributed by atoms with Gasteiger partial charge in [0.2, 0.25) is 0 Å². The maximum Gasteiger partial charge on any atom is 0.272 e. The van der Waals surface area contributed by atoms with Crippen LogP contribution in [0.4, 0.5) is 5.69 Å². The smallest absolute Gasteiger partial charge is 0.272 e. The van der Waals surface area contributed by atoms with Crippen molar-refractivity contribution in [2.75, 3.05) is 13.2 Å². The second-order valence-corrected chi connectivity index (χ2v) is 4.99. The summed E-state index contributed by atoms with van der Waals surface area (Å²) in [4.78, 5) is 10.3. The summed E-state index contributed by atoms with van der Waals surface area (Å²) in [5.74, 6) is 0.707. The molecule has 1 heterocycles. The number of benzene rings is 1. The van der Waals surface area contributed by atoms with E-state index in [9.17, 15) is 10.1 Å². The zero-order chi connectivity index (χ0) is 13.7. The van der Waals surface area contributed by atoms with Gasteiger partial charge in [-0.2, -0.15) is 0 Å². The number of aryl methyl sites for hydroxylation is 1. The van der Waals surface area contributed by atoms with Gasteiger partial charge in [0.25, 0.3) is 5.69 Å². The van der Waals surface area contributed by atoms with E-state index in [0.29, 0.717) is 24.0 Å². The highest BCUT2D eigenvalue weighted by molar-refractivity contribution is 5.44. The van der Waals surface area contributed by atoms with E-state index in [1.807, 2.05) is 0 Å². The molecule has 1 fully saturated rings. The van der Waals surface area contributed by atoms with Gasteiger partial charge in [0, 0.05) is 17.7 Å². The second kappa shape index (κ2) is 6.52. The van der Waals surface area contributed by atoms with Gasteiger partial charge in [-0.25, -0.2) is 0 Å². The first kappa shape index (κ1) is 13.8. The van der Waals surface area contributed by atoms with Crippen LogP contribution in [0, 0.1) is 17.0 Å². The summed E-state index contributed by atoms with van der Waals surface area (Å²) in [6.45, 7) is 3.48. The zero-order valence-corrected chi connectivity index (χ0v) is 11.2. The Labute approximate surface area is 113 Å². The molecule has 1 saturated heterocycles. The highest BCUT2D eigenvalue weighted by Gasteiger charge is 2.13. The molecule has 19 heavy (non-hydrogen) atoms. The minimum Gasteiger partial charge on any atom is -0.494 e. The summed E-state index contributed by atoms with van der Waals surface area (Å²) >= 11 is 0. The Morgan fingerprint density at radius 1 is 1.47 bits per heavy atom. The van der Waals surface area contributed by atoms with Crippen molar-refractivity contribution in [1.29, 1.82) is 0 Å². The SMILES string of the molecule is Cc1cc(OCC[C@H]2CCCCN2)ccc1[N+](=O)[O-].